The van der Waals surface area contributed by atoms with Crippen LogP contribution in [0, 0.1) is 22.2 Å². The molecule has 0 radical (unpaired) electrons. The normalized spacial score (nSPS) is 11.1. The molecule has 0 saturated carbocycles. The Hall–Kier alpha value is -1.93. The molecule has 0 aliphatic carbocycles. The van der Waals surface area contributed by atoms with Crippen LogP contribution in [-0.4, -0.2) is 9.55 Å². The SMILES string of the molecule is O=c1[nH]c(=S)n(-c2ccc(F)c(F)c2F)c2ccc(Br)cc12. The van der Waals surface area contributed by atoms with E-state index in [1.807, 2.05) is 0 Å². The predicted octanol–water partition coefficient (Wildman–Crippen LogP) is 4.23. The predicted molar refractivity (Wildman–Crippen MR) is 82.3 cm³/mol. The number of hydrogen-bond acceptors (Lipinski definition) is 2. The van der Waals surface area contributed by atoms with Gasteiger partial charge in [0.2, 0.25) is 0 Å². The van der Waals surface area contributed by atoms with Crippen molar-refractivity contribution in [2.45, 2.75) is 0 Å². The highest BCUT2D eigenvalue weighted by atomic mass is 79.9. The molecule has 3 aromatic rings. The van der Waals surface area contributed by atoms with Crippen molar-refractivity contribution in [3.63, 3.8) is 0 Å². The fourth-order valence-corrected chi connectivity index (χ4v) is 2.79. The van der Waals surface area contributed by atoms with Crippen LogP contribution in [0.5, 0.6) is 0 Å². The minimum atomic E-state index is -1.60. The number of halogens is 4. The zero-order valence-corrected chi connectivity index (χ0v) is 13.1. The van der Waals surface area contributed by atoms with Gasteiger partial charge >= 0.3 is 0 Å². The maximum absolute atomic E-state index is 14.1. The molecule has 0 amide bonds. The molecule has 3 nitrogen and oxygen atoms in total. The first kappa shape index (κ1) is 15.0. The molecule has 8 heteroatoms. The van der Waals surface area contributed by atoms with Crippen molar-refractivity contribution < 1.29 is 13.2 Å². The van der Waals surface area contributed by atoms with Crippen molar-refractivity contribution in [1.29, 1.82) is 0 Å². The lowest BCUT2D eigenvalue weighted by Crippen LogP contribution is -2.15. The maximum atomic E-state index is 14.1. The van der Waals surface area contributed by atoms with E-state index in [1.165, 1.54) is 12.1 Å². The molecule has 1 N–H and O–H groups in total. The highest BCUT2D eigenvalue weighted by molar-refractivity contribution is 9.10. The summed E-state index contributed by atoms with van der Waals surface area (Å²) in [5, 5.41) is 0.229. The summed E-state index contributed by atoms with van der Waals surface area (Å²) < 4.78 is 42.3. The van der Waals surface area contributed by atoms with Gasteiger partial charge < -0.3 is 0 Å². The van der Waals surface area contributed by atoms with Gasteiger partial charge in [-0.05, 0) is 42.5 Å². The zero-order valence-electron chi connectivity index (χ0n) is 10.7. The van der Waals surface area contributed by atoms with Gasteiger partial charge in [-0.3, -0.25) is 14.3 Å². The van der Waals surface area contributed by atoms with E-state index in [0.717, 1.165) is 16.7 Å². The topological polar surface area (TPSA) is 37.8 Å². The average molecular weight is 387 g/mol. The van der Waals surface area contributed by atoms with Crippen molar-refractivity contribution >= 4 is 39.1 Å². The molecule has 1 heterocycles. The van der Waals surface area contributed by atoms with Crippen LogP contribution in [0.25, 0.3) is 16.6 Å². The lowest BCUT2D eigenvalue weighted by molar-refractivity contribution is 0.444. The zero-order chi connectivity index (χ0) is 16.0. The van der Waals surface area contributed by atoms with E-state index in [4.69, 9.17) is 12.2 Å². The highest BCUT2D eigenvalue weighted by Crippen LogP contribution is 2.24. The van der Waals surface area contributed by atoms with Crippen LogP contribution in [0.3, 0.4) is 0 Å². The third-order valence-corrected chi connectivity index (χ3v) is 3.90. The largest absolute Gasteiger partial charge is 0.298 e. The molecule has 0 aliphatic heterocycles. The van der Waals surface area contributed by atoms with Gasteiger partial charge in [-0.15, -0.1) is 0 Å². The van der Waals surface area contributed by atoms with Crippen molar-refractivity contribution in [3.8, 4) is 5.69 Å². The van der Waals surface area contributed by atoms with Crippen molar-refractivity contribution in [2.24, 2.45) is 0 Å². The Morgan fingerprint density at radius 2 is 1.82 bits per heavy atom. The fourth-order valence-electron chi connectivity index (χ4n) is 2.14. The molecule has 112 valence electrons. The van der Waals surface area contributed by atoms with E-state index < -0.39 is 23.0 Å². The molecule has 0 saturated heterocycles. The van der Waals surface area contributed by atoms with Crippen LogP contribution in [0.4, 0.5) is 13.2 Å². The Bertz CT molecular complexity index is 1030. The number of aromatic amines is 1. The van der Waals surface area contributed by atoms with Gasteiger partial charge in [-0.1, -0.05) is 15.9 Å². The average Bonchev–Trinajstić information content (AvgIpc) is 2.47. The summed E-state index contributed by atoms with van der Waals surface area (Å²) in [6.45, 7) is 0. The summed E-state index contributed by atoms with van der Waals surface area (Å²) in [6.07, 6.45) is 0. The highest BCUT2D eigenvalue weighted by Gasteiger charge is 2.17. The molecule has 0 atom stereocenters. The molecule has 0 unspecified atom stereocenters. The lowest BCUT2D eigenvalue weighted by atomic mass is 10.2. The fraction of sp³-hybridized carbons (Fsp3) is 0. The Morgan fingerprint density at radius 1 is 1.09 bits per heavy atom. The minimum absolute atomic E-state index is 0.121. The van der Waals surface area contributed by atoms with E-state index in [9.17, 15) is 18.0 Å². The summed E-state index contributed by atoms with van der Waals surface area (Å²) in [4.78, 5) is 14.3. The van der Waals surface area contributed by atoms with E-state index >= 15 is 0 Å². The molecular formula is C14H6BrF3N2OS. The van der Waals surface area contributed by atoms with Gasteiger partial charge in [0.05, 0.1) is 16.6 Å². The number of benzene rings is 2. The Balaban J connectivity index is 2.49. The van der Waals surface area contributed by atoms with E-state index in [0.29, 0.717) is 4.47 Å². The quantitative estimate of drug-likeness (QED) is 0.502. The molecule has 2 aromatic carbocycles. The summed E-state index contributed by atoms with van der Waals surface area (Å²) in [5.74, 6) is -4.28. The number of rotatable bonds is 1. The third kappa shape index (κ3) is 2.28. The van der Waals surface area contributed by atoms with Gasteiger partial charge in [-0.25, -0.2) is 13.2 Å². The Morgan fingerprint density at radius 3 is 2.55 bits per heavy atom. The molecule has 3 rings (SSSR count). The Kier molecular flexibility index (Phi) is 3.65. The first-order valence-electron chi connectivity index (χ1n) is 5.98. The van der Waals surface area contributed by atoms with Gasteiger partial charge in [0.15, 0.2) is 22.2 Å². The number of aromatic nitrogens is 2. The second-order valence-corrected chi connectivity index (χ2v) is 5.75. The third-order valence-electron chi connectivity index (χ3n) is 3.12. The Labute approximate surface area is 135 Å². The molecule has 0 fully saturated rings. The summed E-state index contributed by atoms with van der Waals surface area (Å²) in [6, 6.07) is 6.54. The van der Waals surface area contributed by atoms with Gasteiger partial charge in [0.1, 0.15) is 0 Å². The van der Waals surface area contributed by atoms with Crippen LogP contribution < -0.4 is 5.56 Å². The number of nitrogens with one attached hydrogen (secondary N) is 1. The molecular weight excluding hydrogens is 381 g/mol. The second-order valence-electron chi connectivity index (χ2n) is 4.45. The summed E-state index contributed by atoms with van der Waals surface area (Å²) in [7, 11) is 0. The van der Waals surface area contributed by atoms with Crippen LogP contribution in [-0.2, 0) is 0 Å². The van der Waals surface area contributed by atoms with Gasteiger partial charge in [0.25, 0.3) is 5.56 Å². The molecule has 0 bridgehead atoms. The molecule has 0 aliphatic rings. The maximum Gasteiger partial charge on any atom is 0.259 e. The summed E-state index contributed by atoms with van der Waals surface area (Å²) in [5.41, 5.74) is -0.463. The van der Waals surface area contributed by atoms with Crippen molar-refractivity contribution in [3.05, 3.63) is 67.4 Å². The van der Waals surface area contributed by atoms with Crippen LogP contribution >= 0.6 is 28.1 Å². The van der Waals surface area contributed by atoms with Crippen molar-refractivity contribution in [1.82, 2.24) is 9.55 Å². The minimum Gasteiger partial charge on any atom is -0.298 e. The van der Waals surface area contributed by atoms with E-state index in [2.05, 4.69) is 20.9 Å². The lowest BCUT2D eigenvalue weighted by Gasteiger charge is -2.12. The summed E-state index contributed by atoms with van der Waals surface area (Å²) >= 11 is 8.26. The van der Waals surface area contributed by atoms with Crippen molar-refractivity contribution in [2.75, 3.05) is 0 Å². The monoisotopic (exact) mass is 386 g/mol. The first-order chi connectivity index (χ1) is 10.4. The van der Waals surface area contributed by atoms with Gasteiger partial charge in [0, 0.05) is 4.47 Å². The first-order valence-corrected chi connectivity index (χ1v) is 7.18. The van der Waals surface area contributed by atoms with Crippen LogP contribution in [0.2, 0.25) is 0 Å². The van der Waals surface area contributed by atoms with Gasteiger partial charge in [-0.2, -0.15) is 0 Å². The number of H-pyrrole nitrogens is 1. The number of fused-ring (bicyclic) bond motifs is 1. The molecule has 0 spiro atoms. The van der Waals surface area contributed by atoms with E-state index in [1.54, 1.807) is 6.07 Å². The smallest absolute Gasteiger partial charge is 0.259 e. The number of hydrogen-bond donors (Lipinski definition) is 1. The number of nitrogens with zero attached hydrogens (tertiary/aromatic N) is 1. The standard InChI is InChI=1S/C14H6BrF3N2OS/c15-6-1-3-9-7(5-6)13(21)19-14(22)20(9)10-4-2-8(16)11(17)12(10)18/h1-5H,(H,19,21,22). The van der Waals surface area contributed by atoms with Crippen LogP contribution in [0.15, 0.2) is 39.6 Å². The van der Waals surface area contributed by atoms with E-state index in [-0.39, 0.29) is 21.4 Å². The second kappa shape index (κ2) is 5.36. The molecule has 22 heavy (non-hydrogen) atoms. The molecule has 1 aromatic heterocycles. The van der Waals surface area contributed by atoms with Crippen LogP contribution in [0.1, 0.15) is 0 Å².